The second kappa shape index (κ2) is 9.48. The molecule has 1 aromatic heterocycles. The monoisotopic (exact) mass is 418 g/mol. The molecule has 0 spiro atoms. The summed E-state index contributed by atoms with van der Waals surface area (Å²) in [5.41, 5.74) is 2.64. The zero-order valence-corrected chi connectivity index (χ0v) is 18.3. The number of fused-ring (bicyclic) bond motifs is 1. The second-order valence-electron chi connectivity index (χ2n) is 8.38. The second-order valence-corrected chi connectivity index (χ2v) is 8.38. The predicted molar refractivity (Wildman–Crippen MR) is 123 cm³/mol. The lowest BCUT2D eigenvalue weighted by Crippen LogP contribution is -2.37. The molecule has 0 amide bonds. The molecule has 2 aromatic carbocycles. The van der Waals surface area contributed by atoms with E-state index in [1.165, 1.54) is 0 Å². The van der Waals surface area contributed by atoms with Gasteiger partial charge in [-0.25, -0.2) is 0 Å². The molecule has 0 aliphatic carbocycles. The van der Waals surface area contributed by atoms with Crippen molar-refractivity contribution < 1.29 is 14.3 Å². The molecule has 31 heavy (non-hydrogen) atoms. The molecule has 0 N–H and O–H groups in total. The molecule has 0 unspecified atom stereocenters. The van der Waals surface area contributed by atoms with Gasteiger partial charge in [-0.05, 0) is 64.0 Å². The Hall–Kier alpha value is -2.92. The lowest BCUT2D eigenvalue weighted by molar-refractivity contribution is 0.0838. The van der Waals surface area contributed by atoms with Crippen LogP contribution in [0.5, 0.6) is 5.75 Å². The average Bonchev–Trinajstić information content (AvgIpc) is 3.17. The van der Waals surface area contributed by atoms with Gasteiger partial charge in [0.15, 0.2) is 11.6 Å². The van der Waals surface area contributed by atoms with E-state index in [1.807, 2.05) is 54.7 Å². The zero-order chi connectivity index (χ0) is 21.8. The first-order chi connectivity index (χ1) is 15.1. The third-order valence-corrected chi connectivity index (χ3v) is 6.36. The fraction of sp³-hybridized carbons (Fsp3) is 0.385. The van der Waals surface area contributed by atoms with Crippen molar-refractivity contribution in [3.05, 3.63) is 65.9 Å². The summed E-state index contributed by atoms with van der Waals surface area (Å²) in [7, 11) is 1.64. The van der Waals surface area contributed by atoms with Gasteiger partial charge in [0.05, 0.1) is 7.11 Å². The van der Waals surface area contributed by atoms with Crippen LogP contribution in [0.25, 0.3) is 10.9 Å². The third kappa shape index (κ3) is 4.72. The molecular formula is C26H30N2O3. The Morgan fingerprint density at radius 1 is 1.03 bits per heavy atom. The van der Waals surface area contributed by atoms with Crippen LogP contribution in [0.1, 0.15) is 46.9 Å². The van der Waals surface area contributed by atoms with Crippen LogP contribution in [0.2, 0.25) is 0 Å². The molecule has 4 rings (SSSR count). The molecular weight excluding hydrogens is 388 g/mol. The summed E-state index contributed by atoms with van der Waals surface area (Å²) < 4.78 is 7.51. The number of hydrogen-bond acceptors (Lipinski definition) is 4. The van der Waals surface area contributed by atoms with Crippen molar-refractivity contribution in [2.45, 2.75) is 32.7 Å². The summed E-state index contributed by atoms with van der Waals surface area (Å²) in [6.07, 6.45) is 4.82. The molecule has 0 bridgehead atoms. The van der Waals surface area contributed by atoms with Gasteiger partial charge < -0.3 is 14.2 Å². The molecule has 162 valence electrons. The van der Waals surface area contributed by atoms with E-state index in [0.717, 1.165) is 73.2 Å². The maximum Gasteiger partial charge on any atom is 0.166 e. The smallest absolute Gasteiger partial charge is 0.166 e. The number of likely N-dealkylation sites (tertiary alicyclic amines) is 1. The van der Waals surface area contributed by atoms with E-state index in [4.69, 9.17) is 4.74 Å². The number of methoxy groups -OCH3 is 1. The third-order valence-electron chi connectivity index (χ3n) is 6.36. The Kier molecular flexibility index (Phi) is 6.52. The quantitative estimate of drug-likeness (QED) is 0.491. The van der Waals surface area contributed by atoms with Crippen LogP contribution in [0.15, 0.2) is 54.7 Å². The number of aromatic nitrogens is 1. The van der Waals surface area contributed by atoms with Gasteiger partial charge in [-0.2, -0.15) is 0 Å². The minimum absolute atomic E-state index is 0.0714. The minimum Gasteiger partial charge on any atom is -0.497 e. The number of ketones is 2. The number of nitrogens with zero attached hydrogens (tertiary/aromatic N) is 2. The van der Waals surface area contributed by atoms with E-state index < -0.39 is 0 Å². The fourth-order valence-electron chi connectivity index (χ4n) is 4.59. The van der Waals surface area contributed by atoms with Gasteiger partial charge in [0.2, 0.25) is 0 Å². The molecule has 2 heterocycles. The van der Waals surface area contributed by atoms with Gasteiger partial charge in [0, 0.05) is 40.7 Å². The first-order valence-electron chi connectivity index (χ1n) is 11.1. The average molecular weight is 419 g/mol. The van der Waals surface area contributed by atoms with Crippen LogP contribution >= 0.6 is 0 Å². The van der Waals surface area contributed by atoms with Crippen molar-refractivity contribution in [1.29, 1.82) is 0 Å². The molecule has 1 aliphatic heterocycles. The van der Waals surface area contributed by atoms with Crippen LogP contribution in [0.3, 0.4) is 0 Å². The topological polar surface area (TPSA) is 51.5 Å². The Balaban J connectivity index is 1.33. The molecule has 0 atom stereocenters. The number of hydrogen-bond donors (Lipinski definition) is 0. The number of ether oxygens (including phenoxy) is 1. The standard InChI is InChI=1S/C26H30N2O3/c1-19(29)24-18-28(25-10-9-22(31-2)17-23(24)25)14-6-13-27-15-11-21(12-16-27)26(30)20-7-4-3-5-8-20/h3-5,7-10,17-18,21H,6,11-16H2,1-2H3. The van der Waals surface area contributed by atoms with Crippen molar-refractivity contribution in [1.82, 2.24) is 9.47 Å². The molecule has 5 nitrogen and oxygen atoms in total. The Morgan fingerprint density at radius 3 is 2.45 bits per heavy atom. The van der Waals surface area contributed by atoms with Crippen molar-refractivity contribution >= 4 is 22.5 Å². The molecule has 1 fully saturated rings. The van der Waals surface area contributed by atoms with Crippen molar-refractivity contribution in [3.8, 4) is 5.75 Å². The molecule has 5 heteroatoms. The number of benzene rings is 2. The van der Waals surface area contributed by atoms with Gasteiger partial charge >= 0.3 is 0 Å². The summed E-state index contributed by atoms with van der Waals surface area (Å²) >= 11 is 0. The fourth-order valence-corrected chi connectivity index (χ4v) is 4.59. The van der Waals surface area contributed by atoms with E-state index in [2.05, 4.69) is 9.47 Å². The van der Waals surface area contributed by atoms with E-state index in [9.17, 15) is 9.59 Å². The molecule has 3 aromatic rings. The van der Waals surface area contributed by atoms with Crippen molar-refractivity contribution in [2.75, 3.05) is 26.7 Å². The summed E-state index contributed by atoms with van der Waals surface area (Å²) in [5, 5.41) is 0.951. The van der Waals surface area contributed by atoms with E-state index in [0.29, 0.717) is 0 Å². The maximum absolute atomic E-state index is 12.7. The van der Waals surface area contributed by atoms with Crippen LogP contribution < -0.4 is 4.74 Å². The molecule has 1 aliphatic rings. The summed E-state index contributed by atoms with van der Waals surface area (Å²) in [5.74, 6) is 1.26. The lowest BCUT2D eigenvalue weighted by atomic mass is 9.89. The largest absolute Gasteiger partial charge is 0.497 e. The van der Waals surface area contributed by atoms with Crippen molar-refractivity contribution in [3.63, 3.8) is 0 Å². The van der Waals surface area contributed by atoms with Gasteiger partial charge in [-0.1, -0.05) is 30.3 Å². The highest BCUT2D eigenvalue weighted by molar-refractivity contribution is 6.07. The Morgan fingerprint density at radius 2 is 1.77 bits per heavy atom. The van der Waals surface area contributed by atoms with E-state index >= 15 is 0 Å². The number of rotatable bonds is 8. The SMILES string of the molecule is COc1ccc2c(c1)c(C(C)=O)cn2CCCN1CCC(C(=O)c2ccccc2)CC1. The van der Waals surface area contributed by atoms with E-state index in [-0.39, 0.29) is 17.5 Å². The number of carbonyl (C=O) groups is 2. The Labute approximate surface area is 183 Å². The summed E-state index contributed by atoms with van der Waals surface area (Å²) in [6.45, 7) is 5.40. The van der Waals surface area contributed by atoms with Crippen molar-refractivity contribution in [2.24, 2.45) is 5.92 Å². The molecule has 0 radical (unpaired) electrons. The molecule has 0 saturated carbocycles. The highest BCUT2D eigenvalue weighted by Gasteiger charge is 2.25. The predicted octanol–water partition coefficient (Wildman–Crippen LogP) is 4.84. The summed E-state index contributed by atoms with van der Waals surface area (Å²) in [6, 6.07) is 15.6. The molecule has 1 saturated heterocycles. The summed E-state index contributed by atoms with van der Waals surface area (Å²) in [4.78, 5) is 27.2. The Bertz CT molecular complexity index is 1060. The maximum atomic E-state index is 12.7. The number of carbonyl (C=O) groups excluding carboxylic acids is 2. The van der Waals surface area contributed by atoms with Crippen LogP contribution in [-0.4, -0.2) is 47.8 Å². The number of aryl methyl sites for hydroxylation is 1. The van der Waals surface area contributed by atoms with Crippen LogP contribution in [-0.2, 0) is 6.54 Å². The van der Waals surface area contributed by atoms with Gasteiger partial charge in [0.25, 0.3) is 0 Å². The highest BCUT2D eigenvalue weighted by Crippen LogP contribution is 2.27. The first-order valence-corrected chi connectivity index (χ1v) is 11.1. The van der Waals surface area contributed by atoms with Crippen LogP contribution in [0, 0.1) is 5.92 Å². The first kappa shape index (κ1) is 21.3. The number of Topliss-reactive ketones (excluding diaryl/α,β-unsaturated/α-hetero) is 2. The lowest BCUT2D eigenvalue weighted by Gasteiger charge is -2.31. The van der Waals surface area contributed by atoms with E-state index in [1.54, 1.807) is 14.0 Å². The zero-order valence-electron chi connectivity index (χ0n) is 18.3. The van der Waals surface area contributed by atoms with Gasteiger partial charge in [-0.15, -0.1) is 0 Å². The van der Waals surface area contributed by atoms with Gasteiger partial charge in [-0.3, -0.25) is 9.59 Å². The van der Waals surface area contributed by atoms with Crippen LogP contribution in [0.4, 0.5) is 0 Å². The van der Waals surface area contributed by atoms with Gasteiger partial charge in [0.1, 0.15) is 5.75 Å². The number of piperidine rings is 1. The highest BCUT2D eigenvalue weighted by atomic mass is 16.5. The normalized spacial score (nSPS) is 15.3. The minimum atomic E-state index is 0.0714.